The van der Waals surface area contributed by atoms with Crippen LogP contribution in [0.4, 0.5) is 13.2 Å². The third-order valence-electron chi connectivity index (χ3n) is 4.38. The number of nitrogens with zero attached hydrogens (tertiary/aromatic N) is 2. The number of rotatable bonds is 7. The highest BCUT2D eigenvalue weighted by Gasteiger charge is 2.35. The minimum Gasteiger partial charge on any atom is -0.467 e. The minimum atomic E-state index is -4.67. The number of hydrogen-bond acceptors (Lipinski definition) is 3. The van der Waals surface area contributed by atoms with E-state index in [0.717, 1.165) is 21.9 Å². The molecule has 5 nitrogen and oxygen atoms in total. The van der Waals surface area contributed by atoms with E-state index in [1.807, 2.05) is 31.2 Å². The predicted molar refractivity (Wildman–Crippen MR) is 114 cm³/mol. The van der Waals surface area contributed by atoms with Crippen LogP contribution in [-0.2, 0) is 17.4 Å². The molecule has 0 atom stereocenters. The van der Waals surface area contributed by atoms with Gasteiger partial charge in [-0.05, 0) is 36.6 Å². The van der Waals surface area contributed by atoms with Crippen molar-refractivity contribution in [3.63, 3.8) is 0 Å². The third-order valence-corrected chi connectivity index (χ3v) is 4.70. The van der Waals surface area contributed by atoms with Gasteiger partial charge in [-0.2, -0.15) is 23.0 Å². The van der Waals surface area contributed by atoms with Crippen LogP contribution < -0.4 is 10.1 Å². The fourth-order valence-electron chi connectivity index (χ4n) is 2.82. The van der Waals surface area contributed by atoms with Crippen LogP contribution in [0.1, 0.15) is 24.2 Å². The van der Waals surface area contributed by atoms with Crippen LogP contribution in [0.2, 0.25) is 5.02 Å². The summed E-state index contributed by atoms with van der Waals surface area (Å²) in [4.78, 5) is 12.1. The monoisotopic (exact) mass is 453 g/mol. The van der Waals surface area contributed by atoms with Gasteiger partial charge in [0.25, 0.3) is 5.91 Å². The van der Waals surface area contributed by atoms with Crippen molar-refractivity contribution in [1.29, 1.82) is 0 Å². The fraction of sp³-hybridized carbons (Fsp3) is 0.273. The molecule has 0 aliphatic heterocycles. The maximum Gasteiger partial charge on any atom is 0.435 e. The number of nitrogens with one attached hydrogen (secondary N) is 1. The fourth-order valence-corrected chi connectivity index (χ4v) is 3.03. The van der Waals surface area contributed by atoms with Gasteiger partial charge in [0, 0.05) is 12.6 Å². The highest BCUT2D eigenvalue weighted by Crippen LogP contribution is 2.33. The van der Waals surface area contributed by atoms with Crippen molar-refractivity contribution in [2.75, 3.05) is 13.2 Å². The maximum absolute atomic E-state index is 13.1. The number of carbonyl (C=O) groups excluding carboxylic acids is 1. The lowest BCUT2D eigenvalue weighted by Gasteiger charge is -2.11. The Bertz CT molecular complexity index is 1030. The van der Waals surface area contributed by atoms with Crippen molar-refractivity contribution in [1.82, 2.24) is 15.1 Å². The number of halogens is 4. The number of ether oxygens (including phenoxy) is 1. The number of alkyl halides is 3. The first-order chi connectivity index (χ1) is 14.3. The molecule has 0 spiro atoms. The average Bonchev–Trinajstić information content (AvgIpc) is 3.13. The van der Waals surface area contributed by atoms with Crippen LogP contribution in [0, 0.1) is 6.92 Å². The molecule has 2 aromatic carbocycles. The SMILES string of the molecule is C.Cc1ccccc1CCNC(=O)COc1cc(C(F)(F)F)nn1-c1ccccc1Cl. The lowest BCUT2D eigenvalue weighted by Crippen LogP contribution is -2.31. The Morgan fingerprint density at radius 2 is 1.84 bits per heavy atom. The summed E-state index contributed by atoms with van der Waals surface area (Å²) in [5.41, 5.74) is 1.29. The Morgan fingerprint density at radius 1 is 1.16 bits per heavy atom. The van der Waals surface area contributed by atoms with Gasteiger partial charge in [0.05, 0.1) is 10.7 Å². The summed E-state index contributed by atoms with van der Waals surface area (Å²) in [5.74, 6) is -0.687. The Hall–Kier alpha value is -3.00. The second kappa shape index (κ2) is 10.3. The second-order valence-corrected chi connectivity index (χ2v) is 6.95. The highest BCUT2D eigenvalue weighted by molar-refractivity contribution is 6.32. The standard InChI is InChI=1S/C21H19ClF3N3O2.CH4/c1-14-6-2-3-7-15(14)10-11-26-19(29)13-30-20-12-18(21(23,24)25)27-28(20)17-9-5-4-8-16(17)22;/h2-9,12H,10-11,13H2,1H3,(H,26,29);1H4. The van der Waals surface area contributed by atoms with Crippen LogP contribution in [0.5, 0.6) is 5.88 Å². The lowest BCUT2D eigenvalue weighted by atomic mass is 10.1. The Kier molecular flexibility index (Phi) is 8.10. The highest BCUT2D eigenvalue weighted by atomic mass is 35.5. The molecule has 0 bridgehead atoms. The molecule has 0 aliphatic rings. The van der Waals surface area contributed by atoms with Gasteiger partial charge in [-0.3, -0.25) is 4.79 Å². The third kappa shape index (κ3) is 6.24. The van der Waals surface area contributed by atoms with Crippen molar-refractivity contribution in [2.24, 2.45) is 0 Å². The topological polar surface area (TPSA) is 56.1 Å². The number of hydrogen-bond donors (Lipinski definition) is 1. The number of aryl methyl sites for hydroxylation is 1. The van der Waals surface area contributed by atoms with Crippen LogP contribution in [-0.4, -0.2) is 28.8 Å². The molecule has 1 heterocycles. The molecule has 0 fully saturated rings. The normalized spacial score (nSPS) is 11.0. The Morgan fingerprint density at radius 3 is 2.52 bits per heavy atom. The van der Waals surface area contributed by atoms with E-state index < -0.39 is 24.4 Å². The van der Waals surface area contributed by atoms with Gasteiger partial charge in [-0.25, -0.2) is 0 Å². The van der Waals surface area contributed by atoms with Gasteiger partial charge in [0.1, 0.15) is 0 Å². The summed E-state index contributed by atoms with van der Waals surface area (Å²) in [7, 11) is 0. The van der Waals surface area contributed by atoms with Crippen molar-refractivity contribution >= 4 is 17.5 Å². The molecule has 0 saturated carbocycles. The number of carbonyl (C=O) groups is 1. The molecule has 1 amide bonds. The Labute approximate surface area is 183 Å². The number of aromatic nitrogens is 2. The van der Waals surface area contributed by atoms with Gasteiger partial charge >= 0.3 is 6.18 Å². The van der Waals surface area contributed by atoms with Gasteiger partial charge in [0.2, 0.25) is 5.88 Å². The van der Waals surface area contributed by atoms with Gasteiger partial charge in [-0.1, -0.05) is 55.4 Å². The van der Waals surface area contributed by atoms with Crippen LogP contribution in [0.3, 0.4) is 0 Å². The first-order valence-electron chi connectivity index (χ1n) is 9.12. The zero-order valence-electron chi connectivity index (χ0n) is 16.0. The van der Waals surface area contributed by atoms with Crippen LogP contribution in [0.25, 0.3) is 5.69 Å². The van der Waals surface area contributed by atoms with Crippen molar-refractivity contribution < 1.29 is 22.7 Å². The number of para-hydroxylation sites is 1. The van der Waals surface area contributed by atoms with Gasteiger partial charge in [0.15, 0.2) is 12.3 Å². The first kappa shape index (κ1) is 24.3. The number of benzene rings is 2. The summed E-state index contributed by atoms with van der Waals surface area (Å²) in [6, 6.07) is 14.8. The van der Waals surface area contributed by atoms with E-state index in [9.17, 15) is 18.0 Å². The van der Waals surface area contributed by atoms with Crippen LogP contribution >= 0.6 is 11.6 Å². The molecule has 0 unspecified atom stereocenters. The summed E-state index contributed by atoms with van der Waals surface area (Å²) in [5, 5.41) is 6.44. The van der Waals surface area contributed by atoms with E-state index in [2.05, 4.69) is 10.4 Å². The van der Waals surface area contributed by atoms with E-state index >= 15 is 0 Å². The summed E-state index contributed by atoms with van der Waals surface area (Å²) >= 11 is 6.08. The maximum atomic E-state index is 13.1. The lowest BCUT2D eigenvalue weighted by molar-refractivity contribution is -0.141. The molecule has 3 rings (SSSR count). The van der Waals surface area contributed by atoms with Gasteiger partial charge < -0.3 is 10.1 Å². The van der Waals surface area contributed by atoms with E-state index in [4.69, 9.17) is 16.3 Å². The smallest absolute Gasteiger partial charge is 0.435 e. The first-order valence-corrected chi connectivity index (χ1v) is 9.49. The van der Waals surface area contributed by atoms with Crippen molar-refractivity contribution in [3.05, 3.63) is 76.4 Å². The Balaban J connectivity index is 0.00000341. The largest absolute Gasteiger partial charge is 0.467 e. The molecule has 1 N–H and O–H groups in total. The zero-order chi connectivity index (χ0) is 21.7. The molecule has 9 heteroatoms. The zero-order valence-corrected chi connectivity index (χ0v) is 16.8. The minimum absolute atomic E-state index is 0. The molecule has 31 heavy (non-hydrogen) atoms. The molecular weight excluding hydrogens is 431 g/mol. The molecule has 0 aliphatic carbocycles. The molecule has 3 aromatic rings. The molecule has 166 valence electrons. The molecule has 0 saturated heterocycles. The summed E-state index contributed by atoms with van der Waals surface area (Å²) in [6.07, 6.45) is -4.03. The average molecular weight is 454 g/mol. The summed E-state index contributed by atoms with van der Waals surface area (Å²) in [6.45, 7) is 1.90. The van der Waals surface area contributed by atoms with E-state index in [-0.39, 0.29) is 24.0 Å². The second-order valence-electron chi connectivity index (χ2n) is 6.54. The molecule has 0 radical (unpaired) electrons. The summed E-state index contributed by atoms with van der Waals surface area (Å²) < 4.78 is 45.6. The van der Waals surface area contributed by atoms with E-state index in [1.165, 1.54) is 12.1 Å². The molecular formula is C22H23ClF3N3O2. The van der Waals surface area contributed by atoms with Crippen LogP contribution in [0.15, 0.2) is 54.6 Å². The molecule has 1 aromatic heterocycles. The van der Waals surface area contributed by atoms with Crippen molar-refractivity contribution in [2.45, 2.75) is 26.9 Å². The van der Waals surface area contributed by atoms with Gasteiger partial charge in [-0.15, -0.1) is 0 Å². The van der Waals surface area contributed by atoms with Crippen molar-refractivity contribution in [3.8, 4) is 11.6 Å². The number of amides is 1. The van der Waals surface area contributed by atoms with E-state index in [0.29, 0.717) is 13.0 Å². The predicted octanol–water partition coefficient (Wildman–Crippen LogP) is 5.23. The quantitative estimate of drug-likeness (QED) is 0.533. The van der Waals surface area contributed by atoms with E-state index in [1.54, 1.807) is 12.1 Å².